The molecule has 0 bridgehead atoms. The number of fused-ring (bicyclic) bond motifs is 3. The van der Waals surface area contributed by atoms with E-state index < -0.39 is 18.5 Å². The molecule has 0 aliphatic carbocycles. The van der Waals surface area contributed by atoms with Crippen molar-refractivity contribution in [1.82, 2.24) is 4.90 Å². The van der Waals surface area contributed by atoms with Gasteiger partial charge in [0.2, 0.25) is 0 Å². The summed E-state index contributed by atoms with van der Waals surface area (Å²) in [6, 6.07) is 29.6. The molecule has 0 saturated carbocycles. The van der Waals surface area contributed by atoms with E-state index in [1.807, 2.05) is 91.0 Å². The van der Waals surface area contributed by atoms with Crippen molar-refractivity contribution >= 4 is 17.9 Å². The van der Waals surface area contributed by atoms with Gasteiger partial charge in [-0.2, -0.15) is 0 Å². The Morgan fingerprint density at radius 1 is 0.824 bits per heavy atom. The summed E-state index contributed by atoms with van der Waals surface area (Å²) in [6.45, 7) is 0.821. The molecular formula is C27H25NO5S. The van der Waals surface area contributed by atoms with Gasteiger partial charge in [-0.15, -0.1) is 0 Å². The van der Waals surface area contributed by atoms with Crippen LogP contribution in [0.5, 0.6) is 0 Å². The van der Waals surface area contributed by atoms with Gasteiger partial charge in [-0.25, -0.2) is 4.79 Å². The number of nitrogens with zero attached hydrogens (tertiary/aromatic N) is 1. The summed E-state index contributed by atoms with van der Waals surface area (Å²) in [5.41, 5.74) is 1.66. The monoisotopic (exact) mass is 475 g/mol. The second-order valence-corrected chi connectivity index (χ2v) is 9.77. The number of carbonyl (C=O) groups is 1. The molecule has 0 N–H and O–H groups in total. The minimum atomic E-state index is -0.521. The quantitative estimate of drug-likeness (QED) is 0.517. The maximum atomic E-state index is 13.1. The van der Waals surface area contributed by atoms with E-state index in [2.05, 4.69) is 0 Å². The highest BCUT2D eigenvalue weighted by Crippen LogP contribution is 2.44. The number of thioether (sulfide) groups is 1. The highest BCUT2D eigenvalue weighted by Gasteiger charge is 2.58. The van der Waals surface area contributed by atoms with Gasteiger partial charge in [0.25, 0.3) is 0 Å². The van der Waals surface area contributed by atoms with Gasteiger partial charge in [0.05, 0.1) is 6.61 Å². The summed E-state index contributed by atoms with van der Waals surface area (Å²) < 4.78 is 24.9. The van der Waals surface area contributed by atoms with Crippen molar-refractivity contribution in [3.8, 4) is 0 Å². The molecule has 3 fully saturated rings. The first-order valence-electron chi connectivity index (χ1n) is 11.5. The van der Waals surface area contributed by atoms with Crippen molar-refractivity contribution in [2.45, 2.75) is 47.5 Å². The molecule has 6 nitrogen and oxygen atoms in total. The number of rotatable bonds is 5. The topological polar surface area (TPSA) is 57.2 Å². The van der Waals surface area contributed by atoms with Crippen molar-refractivity contribution in [2.75, 3.05) is 6.61 Å². The highest BCUT2D eigenvalue weighted by atomic mass is 32.2. The Kier molecular flexibility index (Phi) is 6.01. The molecule has 3 heterocycles. The third-order valence-electron chi connectivity index (χ3n) is 6.40. The third-order valence-corrected chi connectivity index (χ3v) is 7.57. The van der Waals surface area contributed by atoms with Crippen LogP contribution in [0.15, 0.2) is 95.9 Å². The lowest BCUT2D eigenvalue weighted by Crippen LogP contribution is -2.62. The third kappa shape index (κ3) is 4.20. The molecule has 1 amide bonds. The Balaban J connectivity index is 1.30. The number of hydrogen-bond acceptors (Lipinski definition) is 6. The predicted octanol–water partition coefficient (Wildman–Crippen LogP) is 5.01. The van der Waals surface area contributed by atoms with E-state index in [1.165, 1.54) is 0 Å². The molecule has 174 valence electrons. The Morgan fingerprint density at radius 2 is 1.50 bits per heavy atom. The molecule has 0 radical (unpaired) electrons. The molecule has 3 aromatic rings. The molecule has 7 heteroatoms. The highest BCUT2D eigenvalue weighted by molar-refractivity contribution is 7.99. The summed E-state index contributed by atoms with van der Waals surface area (Å²) in [5.74, 6) is 0. The van der Waals surface area contributed by atoms with Crippen LogP contribution in [-0.2, 0) is 25.5 Å². The first-order valence-corrected chi connectivity index (χ1v) is 12.3. The molecule has 34 heavy (non-hydrogen) atoms. The fourth-order valence-corrected chi connectivity index (χ4v) is 6.01. The Bertz CT molecular complexity index is 1120. The number of amides is 1. The van der Waals surface area contributed by atoms with Gasteiger partial charge in [0, 0.05) is 17.0 Å². The van der Waals surface area contributed by atoms with Crippen LogP contribution in [0.3, 0.4) is 0 Å². The van der Waals surface area contributed by atoms with E-state index >= 15 is 0 Å². The lowest BCUT2D eigenvalue weighted by atomic mass is 9.96. The number of carbonyl (C=O) groups excluding carboxylic acids is 1. The van der Waals surface area contributed by atoms with E-state index in [1.54, 1.807) is 16.7 Å². The second kappa shape index (κ2) is 9.43. The summed E-state index contributed by atoms with van der Waals surface area (Å²) in [6.07, 6.45) is -2.06. The van der Waals surface area contributed by atoms with E-state index in [0.717, 1.165) is 16.0 Å². The predicted molar refractivity (Wildman–Crippen MR) is 127 cm³/mol. The molecule has 6 rings (SSSR count). The van der Waals surface area contributed by atoms with Gasteiger partial charge in [-0.05, 0) is 17.7 Å². The summed E-state index contributed by atoms with van der Waals surface area (Å²) >= 11 is 1.60. The normalized spacial score (nSPS) is 30.4. The zero-order valence-electron chi connectivity index (χ0n) is 18.4. The van der Waals surface area contributed by atoms with Gasteiger partial charge in [0.1, 0.15) is 23.7 Å². The van der Waals surface area contributed by atoms with Crippen LogP contribution in [-0.4, -0.2) is 47.4 Å². The van der Waals surface area contributed by atoms with Crippen LogP contribution in [0.25, 0.3) is 0 Å². The van der Waals surface area contributed by atoms with Gasteiger partial charge < -0.3 is 18.9 Å². The molecular weight excluding hydrogens is 450 g/mol. The smallest absolute Gasteiger partial charge is 0.411 e. The van der Waals surface area contributed by atoms with Crippen LogP contribution in [0.4, 0.5) is 4.79 Å². The van der Waals surface area contributed by atoms with Crippen LogP contribution in [0.2, 0.25) is 0 Å². The summed E-state index contributed by atoms with van der Waals surface area (Å²) in [7, 11) is 0. The number of hydrogen-bond donors (Lipinski definition) is 0. The zero-order valence-corrected chi connectivity index (χ0v) is 19.3. The lowest BCUT2D eigenvalue weighted by Gasteiger charge is -2.47. The molecule has 3 aromatic carbocycles. The Morgan fingerprint density at radius 3 is 2.24 bits per heavy atom. The van der Waals surface area contributed by atoms with Crippen LogP contribution >= 0.6 is 11.8 Å². The SMILES string of the molecule is O=C1O[C@H]2C3O[C@H](c4ccccc4)OC[C@@H]3O[C@@H](Sc3ccccc3)[C@H]2N1Cc1ccccc1. The molecule has 3 aliphatic rings. The molecule has 3 aliphatic heterocycles. The molecule has 3 saturated heterocycles. The fourth-order valence-electron chi connectivity index (χ4n) is 4.79. The molecule has 6 atom stereocenters. The van der Waals surface area contributed by atoms with Gasteiger partial charge in [-0.1, -0.05) is 90.6 Å². The van der Waals surface area contributed by atoms with Crippen LogP contribution < -0.4 is 0 Å². The van der Waals surface area contributed by atoms with E-state index in [0.29, 0.717) is 13.2 Å². The second-order valence-electron chi connectivity index (χ2n) is 8.60. The zero-order chi connectivity index (χ0) is 22.9. The largest absolute Gasteiger partial charge is 0.441 e. The number of benzene rings is 3. The fraction of sp³-hybridized carbons (Fsp3) is 0.296. The maximum Gasteiger partial charge on any atom is 0.411 e. The standard InChI is InChI=1S/C27H25NO5S/c29-27-28(16-18-10-4-1-5-11-18)22-24(33-27)23-21(31-26(22)34-20-14-8-3-9-15-20)17-30-25(32-23)19-12-6-2-7-13-19/h1-15,21-26H,16-17H2/t21-,22-,23?,24+,25+,26-/m0/s1. The Labute approximate surface area is 202 Å². The average molecular weight is 476 g/mol. The van der Waals surface area contributed by atoms with E-state index in [4.69, 9.17) is 18.9 Å². The van der Waals surface area contributed by atoms with Crippen molar-refractivity contribution in [3.05, 3.63) is 102 Å². The van der Waals surface area contributed by atoms with Gasteiger partial charge in [-0.3, -0.25) is 4.90 Å². The van der Waals surface area contributed by atoms with Gasteiger partial charge >= 0.3 is 6.09 Å². The van der Waals surface area contributed by atoms with Crippen molar-refractivity contribution in [1.29, 1.82) is 0 Å². The summed E-state index contributed by atoms with van der Waals surface area (Å²) in [5, 5.41) is 0. The molecule has 0 spiro atoms. The van der Waals surface area contributed by atoms with Crippen molar-refractivity contribution in [3.63, 3.8) is 0 Å². The van der Waals surface area contributed by atoms with E-state index in [9.17, 15) is 4.79 Å². The number of ether oxygens (including phenoxy) is 4. The van der Waals surface area contributed by atoms with Gasteiger partial charge in [0.15, 0.2) is 12.4 Å². The first-order chi connectivity index (χ1) is 16.8. The minimum Gasteiger partial charge on any atom is -0.441 e. The minimum absolute atomic E-state index is 0.298. The van der Waals surface area contributed by atoms with Crippen LogP contribution in [0.1, 0.15) is 17.4 Å². The summed E-state index contributed by atoms with van der Waals surface area (Å²) in [4.78, 5) is 16.0. The molecule has 1 unspecified atom stereocenters. The average Bonchev–Trinajstić information content (AvgIpc) is 3.22. The first kappa shape index (κ1) is 21.7. The lowest BCUT2D eigenvalue weighted by molar-refractivity contribution is -0.303. The Hall–Kier alpha value is -2.84. The van der Waals surface area contributed by atoms with Crippen LogP contribution in [0, 0.1) is 0 Å². The van der Waals surface area contributed by atoms with Crippen molar-refractivity contribution < 1.29 is 23.7 Å². The van der Waals surface area contributed by atoms with E-state index in [-0.39, 0.29) is 23.7 Å². The maximum absolute atomic E-state index is 13.1. The van der Waals surface area contributed by atoms with Crippen molar-refractivity contribution in [2.24, 2.45) is 0 Å². The molecule has 0 aromatic heterocycles.